The van der Waals surface area contributed by atoms with Crippen molar-refractivity contribution in [1.82, 2.24) is 20.4 Å². The molecule has 1 N–H and O–H groups in total. The van der Waals surface area contributed by atoms with E-state index < -0.39 is 0 Å². The van der Waals surface area contributed by atoms with Gasteiger partial charge in [-0.3, -0.25) is 4.90 Å². The van der Waals surface area contributed by atoms with Crippen molar-refractivity contribution in [1.29, 1.82) is 0 Å². The van der Waals surface area contributed by atoms with Crippen LogP contribution in [0.3, 0.4) is 0 Å². The lowest BCUT2D eigenvalue weighted by Gasteiger charge is -2.36. The normalized spacial score (nSPS) is 18.2. The lowest BCUT2D eigenvalue weighted by molar-refractivity contribution is 0.146. The standard InChI is InChI=1S/C17H24N4O2.ClH/c1-3-6-17-19-16(20-23-17)12-21-10-9-18-11-14(21)13-7-4-5-8-15(13)22-2;/h4-5,7-8,14,18H,3,6,9-12H2,1-2H3;1H. The first-order valence-electron chi connectivity index (χ1n) is 8.21. The fourth-order valence-corrected chi connectivity index (χ4v) is 3.04. The van der Waals surface area contributed by atoms with Gasteiger partial charge in [0.15, 0.2) is 5.82 Å². The molecule has 0 saturated carbocycles. The monoisotopic (exact) mass is 352 g/mol. The Hall–Kier alpha value is -1.63. The first kappa shape index (κ1) is 18.7. The van der Waals surface area contributed by atoms with Crippen LogP contribution in [0, 0.1) is 0 Å². The molecule has 1 atom stereocenters. The average Bonchev–Trinajstić information content (AvgIpc) is 3.03. The number of hydrogen-bond acceptors (Lipinski definition) is 6. The Bertz CT molecular complexity index is 635. The summed E-state index contributed by atoms with van der Waals surface area (Å²) in [5.41, 5.74) is 1.19. The first-order chi connectivity index (χ1) is 11.3. The Balaban J connectivity index is 0.00000208. The van der Waals surface area contributed by atoms with Crippen molar-refractivity contribution in [2.45, 2.75) is 32.4 Å². The van der Waals surface area contributed by atoms with Crippen LogP contribution in [0.25, 0.3) is 0 Å². The number of para-hydroxylation sites is 1. The summed E-state index contributed by atoms with van der Waals surface area (Å²) in [7, 11) is 1.72. The zero-order valence-corrected chi connectivity index (χ0v) is 15.0. The van der Waals surface area contributed by atoms with Gasteiger partial charge in [0.05, 0.1) is 19.7 Å². The lowest BCUT2D eigenvalue weighted by Crippen LogP contribution is -2.45. The van der Waals surface area contributed by atoms with Gasteiger partial charge in [0.25, 0.3) is 0 Å². The summed E-state index contributed by atoms with van der Waals surface area (Å²) in [5.74, 6) is 2.41. The number of aromatic nitrogens is 2. The third-order valence-electron chi connectivity index (χ3n) is 4.17. The average molecular weight is 353 g/mol. The van der Waals surface area contributed by atoms with E-state index in [1.807, 2.05) is 12.1 Å². The lowest BCUT2D eigenvalue weighted by atomic mass is 10.0. The summed E-state index contributed by atoms with van der Waals surface area (Å²) in [6.45, 7) is 5.60. The van der Waals surface area contributed by atoms with Crippen molar-refractivity contribution in [3.05, 3.63) is 41.5 Å². The highest BCUT2D eigenvalue weighted by Crippen LogP contribution is 2.30. The molecule has 0 radical (unpaired) electrons. The van der Waals surface area contributed by atoms with E-state index in [4.69, 9.17) is 9.26 Å². The molecule has 7 heteroatoms. The number of aryl methyl sites for hydroxylation is 1. The van der Waals surface area contributed by atoms with E-state index in [2.05, 4.69) is 39.4 Å². The summed E-state index contributed by atoms with van der Waals surface area (Å²) >= 11 is 0. The van der Waals surface area contributed by atoms with Gasteiger partial charge in [-0.1, -0.05) is 30.3 Å². The molecular weight excluding hydrogens is 328 g/mol. The second-order valence-corrected chi connectivity index (χ2v) is 5.79. The number of hydrogen-bond donors (Lipinski definition) is 1. The first-order valence-corrected chi connectivity index (χ1v) is 8.21. The van der Waals surface area contributed by atoms with E-state index in [0.29, 0.717) is 6.54 Å². The summed E-state index contributed by atoms with van der Waals surface area (Å²) in [4.78, 5) is 6.88. The maximum atomic E-state index is 5.53. The van der Waals surface area contributed by atoms with Crippen LogP contribution in [0.15, 0.2) is 28.8 Å². The Labute approximate surface area is 149 Å². The smallest absolute Gasteiger partial charge is 0.226 e. The number of benzene rings is 1. The molecule has 1 aromatic heterocycles. The van der Waals surface area contributed by atoms with E-state index in [1.165, 1.54) is 5.56 Å². The number of ether oxygens (including phenoxy) is 1. The molecule has 0 spiro atoms. The van der Waals surface area contributed by atoms with E-state index in [-0.39, 0.29) is 18.4 Å². The van der Waals surface area contributed by atoms with Crippen LogP contribution >= 0.6 is 12.4 Å². The van der Waals surface area contributed by atoms with Gasteiger partial charge in [-0.25, -0.2) is 0 Å². The Morgan fingerprint density at radius 2 is 2.21 bits per heavy atom. The summed E-state index contributed by atoms with van der Waals surface area (Å²) in [5, 5.41) is 7.58. The Morgan fingerprint density at radius 3 is 3.00 bits per heavy atom. The molecule has 132 valence electrons. The van der Waals surface area contributed by atoms with Gasteiger partial charge < -0.3 is 14.6 Å². The van der Waals surface area contributed by atoms with Crippen LogP contribution in [0.5, 0.6) is 5.75 Å². The molecule has 24 heavy (non-hydrogen) atoms. The highest BCUT2D eigenvalue weighted by atomic mass is 35.5. The molecule has 3 rings (SSSR count). The zero-order valence-electron chi connectivity index (χ0n) is 14.2. The Kier molecular flexibility index (Phi) is 7.02. The number of rotatable bonds is 6. The van der Waals surface area contributed by atoms with Gasteiger partial charge in [-0.15, -0.1) is 12.4 Å². The molecule has 1 fully saturated rings. The molecule has 2 heterocycles. The van der Waals surface area contributed by atoms with Crippen molar-refractivity contribution < 1.29 is 9.26 Å². The molecule has 0 amide bonds. The zero-order chi connectivity index (χ0) is 16.1. The molecule has 1 aromatic carbocycles. The molecule has 1 unspecified atom stereocenters. The van der Waals surface area contributed by atoms with Gasteiger partial charge >= 0.3 is 0 Å². The van der Waals surface area contributed by atoms with Gasteiger partial charge in [0.1, 0.15) is 5.75 Å². The molecule has 0 bridgehead atoms. The third-order valence-corrected chi connectivity index (χ3v) is 4.17. The van der Waals surface area contributed by atoms with Gasteiger partial charge in [-0.2, -0.15) is 4.98 Å². The Morgan fingerprint density at radius 1 is 1.38 bits per heavy atom. The minimum absolute atomic E-state index is 0. The maximum Gasteiger partial charge on any atom is 0.226 e. The fraction of sp³-hybridized carbons (Fsp3) is 0.529. The van der Waals surface area contributed by atoms with E-state index in [0.717, 1.165) is 49.9 Å². The molecule has 6 nitrogen and oxygen atoms in total. The number of methoxy groups -OCH3 is 1. The van der Waals surface area contributed by atoms with Crippen molar-refractivity contribution in [2.75, 3.05) is 26.7 Å². The van der Waals surface area contributed by atoms with Crippen molar-refractivity contribution in [3.8, 4) is 5.75 Å². The van der Waals surface area contributed by atoms with Crippen LogP contribution in [-0.4, -0.2) is 41.8 Å². The largest absolute Gasteiger partial charge is 0.496 e. The van der Waals surface area contributed by atoms with E-state index >= 15 is 0 Å². The molecule has 1 aliphatic heterocycles. The van der Waals surface area contributed by atoms with Crippen LogP contribution in [0.2, 0.25) is 0 Å². The second-order valence-electron chi connectivity index (χ2n) is 5.79. The highest BCUT2D eigenvalue weighted by Gasteiger charge is 2.27. The van der Waals surface area contributed by atoms with E-state index in [1.54, 1.807) is 7.11 Å². The van der Waals surface area contributed by atoms with Gasteiger partial charge in [0.2, 0.25) is 5.89 Å². The number of piperazine rings is 1. The summed E-state index contributed by atoms with van der Waals surface area (Å²) in [6, 6.07) is 8.43. The summed E-state index contributed by atoms with van der Waals surface area (Å²) in [6.07, 6.45) is 1.85. The van der Waals surface area contributed by atoms with Crippen LogP contribution in [0.1, 0.15) is 36.7 Å². The summed E-state index contributed by atoms with van der Waals surface area (Å²) < 4.78 is 10.8. The molecule has 0 aliphatic carbocycles. The van der Waals surface area contributed by atoms with Gasteiger partial charge in [0, 0.05) is 31.6 Å². The predicted molar refractivity (Wildman–Crippen MR) is 94.6 cm³/mol. The third kappa shape index (κ3) is 4.26. The van der Waals surface area contributed by atoms with Crippen molar-refractivity contribution >= 4 is 12.4 Å². The number of nitrogens with zero attached hydrogens (tertiary/aromatic N) is 3. The van der Waals surface area contributed by atoms with Crippen LogP contribution < -0.4 is 10.1 Å². The molecule has 1 saturated heterocycles. The number of halogens is 1. The van der Waals surface area contributed by atoms with Gasteiger partial charge in [-0.05, 0) is 12.5 Å². The minimum atomic E-state index is 0. The number of nitrogens with one attached hydrogen (secondary N) is 1. The maximum absolute atomic E-state index is 5.53. The molecular formula is C17H25ClN4O2. The quantitative estimate of drug-likeness (QED) is 0.862. The molecule has 2 aromatic rings. The fourth-order valence-electron chi connectivity index (χ4n) is 3.04. The van der Waals surface area contributed by atoms with Crippen molar-refractivity contribution in [3.63, 3.8) is 0 Å². The minimum Gasteiger partial charge on any atom is -0.496 e. The highest BCUT2D eigenvalue weighted by molar-refractivity contribution is 5.85. The SMILES string of the molecule is CCCc1nc(CN2CCNCC2c2ccccc2OC)no1.Cl. The van der Waals surface area contributed by atoms with Crippen LogP contribution in [-0.2, 0) is 13.0 Å². The molecule has 1 aliphatic rings. The van der Waals surface area contributed by atoms with Crippen LogP contribution in [0.4, 0.5) is 0 Å². The second kappa shape index (κ2) is 9.01. The van der Waals surface area contributed by atoms with E-state index in [9.17, 15) is 0 Å². The van der Waals surface area contributed by atoms with Crippen molar-refractivity contribution in [2.24, 2.45) is 0 Å². The topological polar surface area (TPSA) is 63.4 Å². The predicted octanol–water partition coefficient (Wildman–Crippen LogP) is 2.60.